The molecule has 7 heteroatoms. The van der Waals surface area contributed by atoms with Crippen LogP contribution in [0.5, 0.6) is 0 Å². The van der Waals surface area contributed by atoms with E-state index in [9.17, 15) is 0 Å². The Kier molecular flexibility index (Phi) is 4.14. The van der Waals surface area contributed by atoms with Crippen molar-refractivity contribution in [3.05, 3.63) is 30.3 Å². The summed E-state index contributed by atoms with van der Waals surface area (Å²) in [6.07, 6.45) is -1.93. The number of ether oxygens (including phenoxy) is 3. The van der Waals surface area contributed by atoms with Gasteiger partial charge in [-0.25, -0.2) is 0 Å². The molecule has 3 aliphatic rings. The van der Waals surface area contributed by atoms with Gasteiger partial charge >= 0.3 is 0 Å². The molecule has 0 bridgehead atoms. The van der Waals surface area contributed by atoms with E-state index in [1.165, 1.54) is 0 Å². The molecule has 0 fully saturated rings. The van der Waals surface area contributed by atoms with Crippen molar-refractivity contribution in [1.82, 2.24) is 0 Å². The third-order valence-corrected chi connectivity index (χ3v) is 5.40. The molecule has 150 valence electrons. The summed E-state index contributed by atoms with van der Waals surface area (Å²) < 4.78 is 19.2. The second-order valence-electron chi connectivity index (χ2n) is 9.83. The van der Waals surface area contributed by atoms with Crippen LogP contribution in [0.4, 0.5) is 0 Å². The molecule has 6 nitrogen and oxygen atoms in total. The first-order valence-corrected chi connectivity index (χ1v) is 9.97. The van der Waals surface area contributed by atoms with E-state index in [0.717, 1.165) is 5.46 Å². The van der Waals surface area contributed by atoms with Crippen LogP contribution < -0.4 is 5.46 Å². The molecule has 0 amide bonds. The van der Waals surface area contributed by atoms with E-state index < -0.39 is 6.15 Å². The average molecular weight is 382 g/mol. The second kappa shape index (κ2) is 6.10. The van der Waals surface area contributed by atoms with Gasteiger partial charge in [-0.3, -0.25) is 15.0 Å². The fourth-order valence-electron chi connectivity index (χ4n) is 4.01. The molecule has 1 aromatic carbocycles. The lowest BCUT2D eigenvalue weighted by molar-refractivity contribution is 0.127. The van der Waals surface area contributed by atoms with Gasteiger partial charge in [0.2, 0.25) is 0 Å². The van der Waals surface area contributed by atoms with E-state index in [4.69, 9.17) is 29.2 Å². The molecule has 0 aromatic heterocycles. The zero-order chi connectivity index (χ0) is 20.2. The van der Waals surface area contributed by atoms with E-state index in [2.05, 4.69) is 12.1 Å². The first kappa shape index (κ1) is 19.0. The molecule has 0 N–H and O–H groups in total. The van der Waals surface area contributed by atoms with E-state index in [1.54, 1.807) is 0 Å². The first-order valence-electron chi connectivity index (χ1n) is 9.97. The van der Waals surface area contributed by atoms with Gasteiger partial charge in [-0.15, -0.1) is 0 Å². The number of benzene rings is 1. The Morgan fingerprint density at radius 3 is 1.29 bits per heavy atom. The summed E-state index contributed by atoms with van der Waals surface area (Å²) in [5, 5.41) is 0. The maximum absolute atomic E-state index is 6.39. The van der Waals surface area contributed by atoms with Crippen LogP contribution in [0.1, 0.15) is 41.5 Å². The highest BCUT2D eigenvalue weighted by atomic mass is 16.5. The predicted molar refractivity (Wildman–Crippen MR) is 114 cm³/mol. The van der Waals surface area contributed by atoms with Crippen molar-refractivity contribution in [3.63, 3.8) is 0 Å². The van der Waals surface area contributed by atoms with Crippen LogP contribution in [0.2, 0.25) is 0 Å². The van der Waals surface area contributed by atoms with Crippen molar-refractivity contribution in [1.29, 1.82) is 0 Å². The largest absolute Gasteiger partial charge is 0.512 e. The Balaban J connectivity index is 1.93. The van der Waals surface area contributed by atoms with Crippen molar-refractivity contribution in [2.75, 3.05) is 19.6 Å². The summed E-state index contributed by atoms with van der Waals surface area (Å²) in [5.41, 5.74) is -0.173. The molecule has 0 spiro atoms. The quantitative estimate of drug-likeness (QED) is 0.752. The topological polar surface area (TPSA) is 64.8 Å². The summed E-state index contributed by atoms with van der Waals surface area (Å²) >= 11 is 0. The molecule has 3 heterocycles. The third-order valence-electron chi connectivity index (χ3n) is 5.40. The van der Waals surface area contributed by atoms with Crippen LogP contribution in [0.25, 0.3) is 0 Å². The highest BCUT2D eigenvalue weighted by Crippen LogP contribution is 2.32. The number of hydrogen-bond acceptors (Lipinski definition) is 6. The number of rotatable bonds is 4. The zero-order valence-corrected chi connectivity index (χ0v) is 17.7. The molecule has 0 aliphatic carbocycles. The lowest BCUT2D eigenvalue weighted by atomic mass is 9.20. The van der Waals surface area contributed by atoms with Gasteiger partial charge in [-0.05, 0) is 41.5 Å². The molecular weight excluding hydrogens is 353 g/mol. The van der Waals surface area contributed by atoms with E-state index in [-0.39, 0.29) is 16.8 Å². The molecule has 0 saturated carbocycles. The Bertz CT molecular complexity index is 789. The number of hydrogen-bond donors (Lipinski definition) is 0. The van der Waals surface area contributed by atoms with Gasteiger partial charge in [-0.1, -0.05) is 30.3 Å². The van der Waals surface area contributed by atoms with Crippen LogP contribution in [-0.2, 0) is 14.2 Å². The van der Waals surface area contributed by atoms with Crippen LogP contribution in [0.15, 0.2) is 45.3 Å². The second-order valence-corrected chi connectivity index (χ2v) is 9.83. The lowest BCUT2D eigenvalue weighted by Gasteiger charge is -2.42. The lowest BCUT2D eigenvalue weighted by Crippen LogP contribution is -2.70. The minimum atomic E-state index is -1.93. The maximum atomic E-state index is 6.39. The average Bonchev–Trinajstić information content (AvgIpc) is 3.27. The van der Waals surface area contributed by atoms with Gasteiger partial charge in [0.05, 0.1) is 19.6 Å². The van der Waals surface area contributed by atoms with Gasteiger partial charge in [0.1, 0.15) is 16.8 Å². The smallest absolute Gasteiger partial charge is 0.289 e. The third kappa shape index (κ3) is 3.10. The fourth-order valence-corrected chi connectivity index (χ4v) is 4.01. The summed E-state index contributed by atoms with van der Waals surface area (Å²) in [5.74, 6) is 1.80. The molecule has 4 rings (SSSR count). The number of aliphatic imine (C=N–C) groups is 3. The molecule has 0 unspecified atom stereocenters. The Labute approximate surface area is 167 Å². The molecule has 3 aliphatic heterocycles. The number of nitrogens with zero attached hydrogens (tertiary/aromatic N) is 3. The van der Waals surface area contributed by atoms with E-state index >= 15 is 0 Å². The molecule has 28 heavy (non-hydrogen) atoms. The zero-order valence-electron chi connectivity index (χ0n) is 17.7. The highest BCUT2D eigenvalue weighted by Gasteiger charge is 2.54. The summed E-state index contributed by atoms with van der Waals surface area (Å²) in [6.45, 7) is 14.0. The Morgan fingerprint density at radius 2 is 1.00 bits per heavy atom. The SMILES string of the molecule is CC1(C)CN=C([B-](C2=NCC(C)(C)O2)(C2=NCC(C)(C)O2)c2ccccc2)O1. The van der Waals surface area contributed by atoms with Crippen molar-refractivity contribution in [2.24, 2.45) is 15.0 Å². The van der Waals surface area contributed by atoms with Crippen molar-refractivity contribution in [2.45, 2.75) is 58.3 Å². The van der Waals surface area contributed by atoms with Gasteiger partial charge in [-0.2, -0.15) is 5.46 Å². The molecule has 0 radical (unpaired) electrons. The van der Waals surface area contributed by atoms with Crippen LogP contribution >= 0.6 is 0 Å². The Hall–Kier alpha value is -2.31. The molecule has 0 saturated heterocycles. The summed E-state index contributed by atoms with van der Waals surface area (Å²) in [4.78, 5) is 14.5. The van der Waals surface area contributed by atoms with Crippen molar-refractivity contribution in [3.8, 4) is 0 Å². The monoisotopic (exact) mass is 382 g/mol. The van der Waals surface area contributed by atoms with Crippen molar-refractivity contribution < 1.29 is 14.2 Å². The highest BCUT2D eigenvalue weighted by molar-refractivity contribution is 7.46. The molecular formula is C21H29BN3O3-. The van der Waals surface area contributed by atoms with Crippen LogP contribution in [0.3, 0.4) is 0 Å². The van der Waals surface area contributed by atoms with Crippen LogP contribution in [0, 0.1) is 0 Å². The molecule has 1 aromatic rings. The van der Waals surface area contributed by atoms with Crippen molar-refractivity contribution >= 4 is 29.0 Å². The van der Waals surface area contributed by atoms with Gasteiger partial charge in [0.15, 0.2) is 0 Å². The first-order chi connectivity index (χ1) is 13.0. The Morgan fingerprint density at radius 1 is 0.643 bits per heavy atom. The normalized spacial score (nSPS) is 24.6. The summed E-state index contributed by atoms with van der Waals surface area (Å²) in [7, 11) is 0. The fraction of sp³-hybridized carbons (Fsp3) is 0.571. The van der Waals surface area contributed by atoms with Gasteiger partial charge in [0, 0.05) is 17.4 Å². The van der Waals surface area contributed by atoms with Gasteiger partial charge in [0.25, 0.3) is 6.15 Å². The van der Waals surface area contributed by atoms with E-state index in [1.807, 2.05) is 59.7 Å². The van der Waals surface area contributed by atoms with Gasteiger partial charge < -0.3 is 14.2 Å². The summed E-state index contributed by atoms with van der Waals surface area (Å²) in [6, 6.07) is 10.1. The minimum absolute atomic E-state index is 0.388. The molecule has 0 atom stereocenters. The van der Waals surface area contributed by atoms with E-state index in [0.29, 0.717) is 37.0 Å². The standard InChI is InChI=1S/C21H29BN3O3/c1-19(2)12-23-16(26-19)22(15-10-8-7-9-11-15,17-24-13-20(3,4)27-17)18-25-14-21(5,6)28-18/h7-11H,12-14H2,1-6H3/q-1. The minimum Gasteiger partial charge on any atom is -0.512 e. The predicted octanol–water partition coefficient (Wildman–Crippen LogP) is 2.58. The maximum Gasteiger partial charge on any atom is 0.289 e. The van der Waals surface area contributed by atoms with Crippen LogP contribution in [-0.4, -0.2) is 60.0 Å².